The van der Waals surface area contributed by atoms with Gasteiger partial charge in [0, 0.05) is 11.3 Å². The van der Waals surface area contributed by atoms with Crippen molar-refractivity contribution in [1.82, 2.24) is 5.32 Å². The first-order valence-electron chi connectivity index (χ1n) is 7.29. The summed E-state index contributed by atoms with van der Waals surface area (Å²) in [5, 5.41) is 4.46. The fraction of sp³-hybridized carbons (Fsp3) is 0.625. The van der Waals surface area contributed by atoms with Crippen molar-refractivity contribution in [3.63, 3.8) is 0 Å². The molecule has 2 atom stereocenters. The molecule has 1 aromatic carbocycles. The molecule has 0 aromatic heterocycles. The standard InChI is InChI=1S/C16H25NS/c1-3-12-18-15-11-7-9-13-8-5-6-10-14(13)16(15)17-4-2/h5-6,8,10,15-17H,3-4,7,9,11-12H2,1-2H3. The fourth-order valence-corrected chi connectivity index (χ4v) is 4.14. The van der Waals surface area contributed by atoms with E-state index in [-0.39, 0.29) is 0 Å². The first-order chi connectivity index (χ1) is 8.86. The quantitative estimate of drug-likeness (QED) is 0.800. The van der Waals surface area contributed by atoms with Gasteiger partial charge >= 0.3 is 0 Å². The van der Waals surface area contributed by atoms with Crippen molar-refractivity contribution in [2.45, 2.75) is 50.8 Å². The summed E-state index contributed by atoms with van der Waals surface area (Å²) in [6.45, 7) is 5.55. The highest BCUT2D eigenvalue weighted by Gasteiger charge is 2.26. The predicted molar refractivity (Wildman–Crippen MR) is 82.3 cm³/mol. The van der Waals surface area contributed by atoms with E-state index in [1.54, 1.807) is 11.1 Å². The lowest BCUT2D eigenvalue weighted by molar-refractivity contribution is 0.516. The van der Waals surface area contributed by atoms with Crippen molar-refractivity contribution in [2.75, 3.05) is 12.3 Å². The third kappa shape index (κ3) is 3.30. The highest BCUT2D eigenvalue weighted by Crippen LogP contribution is 2.35. The van der Waals surface area contributed by atoms with E-state index in [9.17, 15) is 0 Å². The number of hydrogen-bond acceptors (Lipinski definition) is 2. The van der Waals surface area contributed by atoms with E-state index >= 15 is 0 Å². The molecule has 0 fully saturated rings. The van der Waals surface area contributed by atoms with Gasteiger partial charge in [0.25, 0.3) is 0 Å². The van der Waals surface area contributed by atoms with E-state index in [0.717, 1.165) is 11.8 Å². The van der Waals surface area contributed by atoms with Gasteiger partial charge in [0.05, 0.1) is 0 Å². The Labute approximate surface area is 116 Å². The minimum atomic E-state index is 0.547. The fourth-order valence-electron chi connectivity index (χ4n) is 2.84. The number of benzene rings is 1. The average Bonchev–Trinajstić information content (AvgIpc) is 2.57. The van der Waals surface area contributed by atoms with Crippen LogP contribution in [0.1, 0.15) is 50.3 Å². The molecule has 0 amide bonds. The number of fused-ring (bicyclic) bond motifs is 1. The maximum Gasteiger partial charge on any atom is 0.0443 e. The Kier molecular flexibility index (Phi) is 5.58. The molecule has 0 spiro atoms. The molecule has 1 N–H and O–H groups in total. The summed E-state index contributed by atoms with van der Waals surface area (Å²) >= 11 is 2.16. The lowest BCUT2D eigenvalue weighted by Gasteiger charge is -2.27. The lowest BCUT2D eigenvalue weighted by atomic mass is 9.99. The van der Waals surface area contributed by atoms with E-state index in [0.29, 0.717) is 6.04 Å². The number of nitrogens with one attached hydrogen (secondary N) is 1. The summed E-state index contributed by atoms with van der Waals surface area (Å²) in [5.74, 6) is 1.29. The molecule has 0 heterocycles. The Hall–Kier alpha value is -0.470. The van der Waals surface area contributed by atoms with Crippen molar-refractivity contribution in [3.8, 4) is 0 Å². The second kappa shape index (κ2) is 7.20. The first-order valence-corrected chi connectivity index (χ1v) is 8.34. The Bertz CT molecular complexity index is 362. The minimum absolute atomic E-state index is 0.547. The molecule has 0 radical (unpaired) electrons. The van der Waals surface area contributed by atoms with Gasteiger partial charge in [-0.15, -0.1) is 0 Å². The maximum absolute atomic E-state index is 3.72. The van der Waals surface area contributed by atoms with Gasteiger partial charge in [0.2, 0.25) is 0 Å². The number of thioether (sulfide) groups is 1. The van der Waals surface area contributed by atoms with Gasteiger partial charge in [-0.1, -0.05) is 38.1 Å². The summed E-state index contributed by atoms with van der Waals surface area (Å²) in [6.07, 6.45) is 5.21. The van der Waals surface area contributed by atoms with Crippen LogP contribution in [0.3, 0.4) is 0 Å². The largest absolute Gasteiger partial charge is 0.309 e. The molecule has 1 aliphatic carbocycles. The van der Waals surface area contributed by atoms with Crippen LogP contribution >= 0.6 is 11.8 Å². The summed E-state index contributed by atoms with van der Waals surface area (Å²) in [4.78, 5) is 0. The van der Waals surface area contributed by atoms with Gasteiger partial charge < -0.3 is 5.32 Å². The van der Waals surface area contributed by atoms with Crippen LogP contribution in [0.25, 0.3) is 0 Å². The molecule has 0 bridgehead atoms. The second-order valence-electron chi connectivity index (χ2n) is 5.04. The Morgan fingerprint density at radius 2 is 2.11 bits per heavy atom. The third-order valence-corrected chi connectivity index (χ3v) is 5.24. The molecule has 0 saturated heterocycles. The normalized spacial score (nSPS) is 23.4. The maximum atomic E-state index is 3.72. The molecule has 0 aliphatic heterocycles. The minimum Gasteiger partial charge on any atom is -0.309 e. The third-order valence-electron chi connectivity index (χ3n) is 3.66. The summed E-state index contributed by atoms with van der Waals surface area (Å²) in [5.41, 5.74) is 3.11. The molecule has 1 aromatic rings. The van der Waals surface area contributed by atoms with Crippen molar-refractivity contribution in [2.24, 2.45) is 0 Å². The van der Waals surface area contributed by atoms with Gasteiger partial charge in [-0.25, -0.2) is 0 Å². The summed E-state index contributed by atoms with van der Waals surface area (Å²) in [6, 6.07) is 9.56. The topological polar surface area (TPSA) is 12.0 Å². The summed E-state index contributed by atoms with van der Waals surface area (Å²) < 4.78 is 0. The van der Waals surface area contributed by atoms with Crippen LogP contribution in [0.4, 0.5) is 0 Å². The zero-order valence-electron chi connectivity index (χ0n) is 11.6. The highest BCUT2D eigenvalue weighted by atomic mass is 32.2. The molecular weight excluding hydrogens is 238 g/mol. The van der Waals surface area contributed by atoms with Crippen LogP contribution in [0, 0.1) is 0 Å². The van der Waals surface area contributed by atoms with Gasteiger partial charge in [-0.3, -0.25) is 0 Å². The highest BCUT2D eigenvalue weighted by molar-refractivity contribution is 7.99. The monoisotopic (exact) mass is 263 g/mol. The zero-order chi connectivity index (χ0) is 12.8. The van der Waals surface area contributed by atoms with Crippen LogP contribution in [0.5, 0.6) is 0 Å². The average molecular weight is 263 g/mol. The van der Waals surface area contributed by atoms with Crippen LogP contribution < -0.4 is 5.32 Å². The first kappa shape index (κ1) is 14.0. The smallest absolute Gasteiger partial charge is 0.0443 e. The van der Waals surface area contributed by atoms with Crippen molar-refractivity contribution < 1.29 is 0 Å². The van der Waals surface area contributed by atoms with E-state index < -0.39 is 0 Å². The SMILES string of the molecule is CCCSC1CCCc2ccccc2C1NCC. The van der Waals surface area contributed by atoms with E-state index in [2.05, 4.69) is 55.2 Å². The van der Waals surface area contributed by atoms with Crippen LogP contribution in [0.15, 0.2) is 24.3 Å². The van der Waals surface area contributed by atoms with E-state index in [1.807, 2.05) is 0 Å². The predicted octanol–water partition coefficient (Wildman–Crippen LogP) is 4.19. The molecule has 2 heteroatoms. The van der Waals surface area contributed by atoms with Crippen molar-refractivity contribution >= 4 is 11.8 Å². The molecule has 2 unspecified atom stereocenters. The number of hydrogen-bond donors (Lipinski definition) is 1. The molecule has 2 rings (SSSR count). The van der Waals surface area contributed by atoms with E-state index in [4.69, 9.17) is 0 Å². The van der Waals surface area contributed by atoms with Gasteiger partial charge in [-0.05, 0) is 49.1 Å². The second-order valence-corrected chi connectivity index (χ2v) is 6.38. The number of aryl methyl sites for hydroxylation is 1. The molecule has 100 valence electrons. The molecule has 18 heavy (non-hydrogen) atoms. The molecule has 1 nitrogen and oxygen atoms in total. The van der Waals surface area contributed by atoms with Gasteiger partial charge in [0.1, 0.15) is 0 Å². The Morgan fingerprint density at radius 1 is 1.28 bits per heavy atom. The zero-order valence-corrected chi connectivity index (χ0v) is 12.4. The van der Waals surface area contributed by atoms with Gasteiger partial charge in [0.15, 0.2) is 0 Å². The molecule has 1 aliphatic rings. The molecule has 0 saturated carbocycles. The molecular formula is C16H25NS. The van der Waals surface area contributed by atoms with Crippen LogP contribution in [-0.4, -0.2) is 17.5 Å². The lowest BCUT2D eigenvalue weighted by Crippen LogP contribution is -2.30. The van der Waals surface area contributed by atoms with Crippen molar-refractivity contribution in [3.05, 3.63) is 35.4 Å². The van der Waals surface area contributed by atoms with E-state index in [1.165, 1.54) is 31.4 Å². The van der Waals surface area contributed by atoms with Crippen LogP contribution in [-0.2, 0) is 6.42 Å². The summed E-state index contributed by atoms with van der Waals surface area (Å²) in [7, 11) is 0. The van der Waals surface area contributed by atoms with Crippen molar-refractivity contribution in [1.29, 1.82) is 0 Å². The Balaban J connectivity index is 2.22. The van der Waals surface area contributed by atoms with Gasteiger partial charge in [-0.2, -0.15) is 11.8 Å². The number of rotatable bonds is 5. The van der Waals surface area contributed by atoms with Crippen LogP contribution in [0.2, 0.25) is 0 Å². The Morgan fingerprint density at radius 3 is 2.89 bits per heavy atom.